The Hall–Kier alpha value is -2.24. The van der Waals surface area contributed by atoms with Gasteiger partial charge in [-0.2, -0.15) is 0 Å². The van der Waals surface area contributed by atoms with Gasteiger partial charge in [0.2, 0.25) is 0 Å². The van der Waals surface area contributed by atoms with Crippen LogP contribution in [0.4, 0.5) is 0 Å². The summed E-state index contributed by atoms with van der Waals surface area (Å²) in [5, 5.41) is 13.8. The van der Waals surface area contributed by atoms with Crippen LogP contribution in [0, 0.1) is 0 Å². The number of rotatable bonds is 7. The highest BCUT2D eigenvalue weighted by Gasteiger charge is 2.19. The monoisotopic (exact) mass is 340 g/mol. The molecular formula is C19H20N2O2S. The summed E-state index contributed by atoms with van der Waals surface area (Å²) in [6, 6.07) is 15.5. The molecule has 0 spiro atoms. The van der Waals surface area contributed by atoms with Crippen LogP contribution >= 0.6 is 11.8 Å². The molecular weight excluding hydrogens is 320 g/mol. The number of carboxylic acids is 1. The minimum absolute atomic E-state index is 0.447. The van der Waals surface area contributed by atoms with Gasteiger partial charge in [-0.25, -0.2) is 0 Å². The predicted molar refractivity (Wildman–Crippen MR) is 98.5 cm³/mol. The Kier molecular flexibility index (Phi) is 5.23. The van der Waals surface area contributed by atoms with E-state index in [1.165, 1.54) is 4.90 Å². The van der Waals surface area contributed by atoms with E-state index in [1.54, 1.807) is 11.8 Å². The maximum Gasteiger partial charge on any atom is 0.321 e. The summed E-state index contributed by atoms with van der Waals surface area (Å²) in [4.78, 5) is 16.0. The normalized spacial score (nSPS) is 12.4. The molecule has 4 nitrogen and oxygen atoms in total. The van der Waals surface area contributed by atoms with Crippen LogP contribution in [0.25, 0.3) is 10.9 Å². The number of fused-ring (bicyclic) bond motifs is 1. The van der Waals surface area contributed by atoms with Crippen molar-refractivity contribution in [3.05, 3.63) is 65.9 Å². The fourth-order valence-corrected chi connectivity index (χ4v) is 3.16. The summed E-state index contributed by atoms with van der Waals surface area (Å²) in [6.45, 7) is 0.536. The molecule has 0 aliphatic rings. The average molecular weight is 340 g/mol. The van der Waals surface area contributed by atoms with E-state index in [4.69, 9.17) is 0 Å². The van der Waals surface area contributed by atoms with Crippen LogP contribution in [0.2, 0.25) is 0 Å². The number of carbonyl (C=O) groups is 1. The molecule has 0 aliphatic carbocycles. The standard InChI is InChI=1S/C19H20N2O2S/c1-24-15-8-6-13(7-9-15)11-20-18(19(22)23)10-14-12-21-17-5-3-2-4-16(14)17/h2-9,12,18,20-21H,10-11H2,1H3,(H,22,23)/t18-/m1/s1. The van der Waals surface area contributed by atoms with Gasteiger partial charge in [0.25, 0.3) is 0 Å². The summed E-state index contributed by atoms with van der Waals surface area (Å²) >= 11 is 1.69. The lowest BCUT2D eigenvalue weighted by molar-refractivity contribution is -0.139. The molecule has 3 aromatic rings. The molecule has 1 heterocycles. The Morgan fingerprint density at radius 3 is 2.67 bits per heavy atom. The van der Waals surface area contributed by atoms with Crippen molar-refractivity contribution in [3.63, 3.8) is 0 Å². The Bertz CT molecular complexity index is 827. The van der Waals surface area contributed by atoms with Gasteiger partial charge in [-0.05, 0) is 35.6 Å². The summed E-state index contributed by atoms with van der Waals surface area (Å²) in [5.41, 5.74) is 3.13. The molecule has 2 aromatic carbocycles. The highest BCUT2D eigenvalue weighted by Crippen LogP contribution is 2.19. The molecule has 0 saturated carbocycles. The zero-order chi connectivity index (χ0) is 16.9. The van der Waals surface area contributed by atoms with Crippen LogP contribution < -0.4 is 5.32 Å². The van der Waals surface area contributed by atoms with E-state index in [0.29, 0.717) is 13.0 Å². The third-order valence-electron chi connectivity index (χ3n) is 4.11. The highest BCUT2D eigenvalue weighted by atomic mass is 32.2. The zero-order valence-electron chi connectivity index (χ0n) is 13.5. The number of thioether (sulfide) groups is 1. The van der Waals surface area contributed by atoms with Crippen molar-refractivity contribution in [1.82, 2.24) is 10.3 Å². The summed E-state index contributed by atoms with van der Waals surface area (Å²) in [6.07, 6.45) is 4.38. The second-order valence-electron chi connectivity index (χ2n) is 5.68. The van der Waals surface area contributed by atoms with E-state index in [1.807, 2.05) is 48.9 Å². The molecule has 3 N–H and O–H groups in total. The summed E-state index contributed by atoms with van der Waals surface area (Å²) in [5.74, 6) is -0.832. The maximum absolute atomic E-state index is 11.6. The largest absolute Gasteiger partial charge is 0.480 e. The second-order valence-corrected chi connectivity index (χ2v) is 6.56. The lowest BCUT2D eigenvalue weighted by atomic mass is 10.0. The SMILES string of the molecule is CSc1ccc(CN[C@H](Cc2c[nH]c3ccccc23)C(=O)O)cc1. The van der Waals surface area contributed by atoms with Crippen molar-refractivity contribution >= 4 is 28.6 Å². The number of hydrogen-bond acceptors (Lipinski definition) is 3. The fourth-order valence-electron chi connectivity index (χ4n) is 2.75. The second kappa shape index (κ2) is 7.55. The fraction of sp³-hybridized carbons (Fsp3) is 0.211. The van der Waals surface area contributed by atoms with Crippen molar-refractivity contribution in [3.8, 4) is 0 Å². The van der Waals surface area contributed by atoms with Crippen LogP contribution in [-0.2, 0) is 17.8 Å². The molecule has 0 aliphatic heterocycles. The van der Waals surface area contributed by atoms with Gasteiger partial charge < -0.3 is 15.4 Å². The van der Waals surface area contributed by atoms with Gasteiger partial charge in [0.1, 0.15) is 6.04 Å². The minimum atomic E-state index is -0.832. The van der Waals surface area contributed by atoms with Crippen LogP contribution in [-0.4, -0.2) is 28.4 Å². The number of hydrogen-bond donors (Lipinski definition) is 3. The molecule has 0 unspecified atom stereocenters. The first-order chi connectivity index (χ1) is 11.7. The quantitative estimate of drug-likeness (QED) is 0.574. The number of aromatic nitrogens is 1. The molecule has 1 atom stereocenters. The van der Waals surface area contributed by atoms with E-state index in [2.05, 4.69) is 22.4 Å². The van der Waals surface area contributed by atoms with Gasteiger partial charge in [0.05, 0.1) is 0 Å². The van der Waals surface area contributed by atoms with E-state index < -0.39 is 12.0 Å². The van der Waals surface area contributed by atoms with Crippen molar-refractivity contribution < 1.29 is 9.90 Å². The summed E-state index contributed by atoms with van der Waals surface area (Å²) < 4.78 is 0. The molecule has 24 heavy (non-hydrogen) atoms. The van der Waals surface area contributed by atoms with Gasteiger partial charge in [-0.1, -0.05) is 30.3 Å². The van der Waals surface area contributed by atoms with Crippen LogP contribution in [0.5, 0.6) is 0 Å². The molecule has 1 aromatic heterocycles. The highest BCUT2D eigenvalue weighted by molar-refractivity contribution is 7.98. The smallest absolute Gasteiger partial charge is 0.321 e. The molecule has 0 fully saturated rings. The number of aromatic amines is 1. The number of benzene rings is 2. The first kappa shape index (κ1) is 16.6. The molecule has 5 heteroatoms. The first-order valence-corrected chi connectivity index (χ1v) is 9.04. The Morgan fingerprint density at radius 2 is 1.96 bits per heavy atom. The van der Waals surface area contributed by atoms with Gasteiger partial charge in [0.15, 0.2) is 0 Å². The topological polar surface area (TPSA) is 65.1 Å². The Labute approximate surface area is 145 Å². The average Bonchev–Trinajstić information content (AvgIpc) is 3.02. The predicted octanol–water partition coefficient (Wildman–Crippen LogP) is 3.68. The van der Waals surface area contributed by atoms with E-state index in [-0.39, 0.29) is 0 Å². The Morgan fingerprint density at radius 1 is 1.21 bits per heavy atom. The van der Waals surface area contributed by atoms with Crippen LogP contribution in [0.1, 0.15) is 11.1 Å². The number of para-hydroxylation sites is 1. The lowest BCUT2D eigenvalue weighted by Gasteiger charge is -2.14. The third kappa shape index (κ3) is 3.80. The Balaban J connectivity index is 1.69. The van der Waals surface area contributed by atoms with E-state index in [0.717, 1.165) is 22.0 Å². The van der Waals surface area contributed by atoms with Crippen molar-refractivity contribution in [1.29, 1.82) is 0 Å². The zero-order valence-corrected chi connectivity index (χ0v) is 14.3. The van der Waals surface area contributed by atoms with Crippen LogP contribution in [0.15, 0.2) is 59.6 Å². The van der Waals surface area contributed by atoms with E-state index in [9.17, 15) is 9.90 Å². The van der Waals surface area contributed by atoms with Crippen molar-refractivity contribution in [2.24, 2.45) is 0 Å². The molecule has 0 amide bonds. The van der Waals surface area contributed by atoms with Gasteiger partial charge in [-0.15, -0.1) is 11.8 Å². The molecule has 0 saturated heterocycles. The maximum atomic E-state index is 11.6. The number of aliphatic carboxylic acids is 1. The first-order valence-electron chi connectivity index (χ1n) is 7.81. The van der Waals surface area contributed by atoms with Crippen LogP contribution in [0.3, 0.4) is 0 Å². The van der Waals surface area contributed by atoms with Gasteiger partial charge >= 0.3 is 5.97 Å². The number of carboxylic acid groups (broad SMARTS) is 1. The molecule has 124 valence electrons. The number of H-pyrrole nitrogens is 1. The molecule has 0 radical (unpaired) electrons. The number of nitrogens with one attached hydrogen (secondary N) is 2. The van der Waals surface area contributed by atoms with Crippen molar-refractivity contribution in [2.75, 3.05) is 6.26 Å². The third-order valence-corrected chi connectivity index (χ3v) is 4.85. The van der Waals surface area contributed by atoms with Gasteiger partial charge in [-0.3, -0.25) is 4.79 Å². The van der Waals surface area contributed by atoms with Gasteiger partial charge in [0, 0.05) is 35.0 Å². The minimum Gasteiger partial charge on any atom is -0.480 e. The van der Waals surface area contributed by atoms with Crippen molar-refractivity contribution in [2.45, 2.75) is 23.9 Å². The molecule has 0 bridgehead atoms. The molecule has 3 rings (SSSR count). The van der Waals surface area contributed by atoms with E-state index >= 15 is 0 Å². The lowest BCUT2D eigenvalue weighted by Crippen LogP contribution is -2.38. The summed E-state index contributed by atoms with van der Waals surface area (Å²) in [7, 11) is 0.